The Morgan fingerprint density at radius 1 is 1.03 bits per heavy atom. The monoisotopic (exact) mass is 495 g/mol. The molecule has 0 spiro atoms. The summed E-state index contributed by atoms with van der Waals surface area (Å²) >= 11 is 0. The van der Waals surface area contributed by atoms with Gasteiger partial charge in [-0.2, -0.15) is 5.10 Å². The van der Waals surface area contributed by atoms with Gasteiger partial charge in [-0.25, -0.2) is 8.78 Å². The number of anilines is 2. The highest BCUT2D eigenvalue weighted by Gasteiger charge is 2.46. The molecule has 1 aromatic carbocycles. The van der Waals surface area contributed by atoms with Gasteiger partial charge in [0.2, 0.25) is 0 Å². The highest BCUT2D eigenvalue weighted by atomic mass is 19.3. The predicted molar refractivity (Wildman–Crippen MR) is 134 cm³/mol. The maximum atomic E-state index is 14.1. The van der Waals surface area contributed by atoms with Crippen LogP contribution in [-0.4, -0.2) is 69.3 Å². The minimum absolute atomic E-state index is 0.0977. The molecule has 2 N–H and O–H groups in total. The quantitative estimate of drug-likeness (QED) is 0.572. The molecule has 2 fully saturated rings. The fourth-order valence-corrected chi connectivity index (χ4v) is 6.12. The number of aromatic nitrogens is 4. The number of benzene rings is 1. The van der Waals surface area contributed by atoms with Crippen molar-refractivity contribution in [2.24, 2.45) is 7.05 Å². The van der Waals surface area contributed by atoms with Gasteiger partial charge in [-0.1, -0.05) is 6.07 Å². The lowest BCUT2D eigenvalue weighted by Crippen LogP contribution is -2.59. The number of nitrogens with one attached hydrogen (secondary N) is 1. The minimum atomic E-state index is -2.58. The number of phenols is 1. The van der Waals surface area contributed by atoms with Gasteiger partial charge in [0, 0.05) is 75.5 Å². The van der Waals surface area contributed by atoms with Crippen LogP contribution in [0.15, 0.2) is 36.7 Å². The topological polar surface area (TPSA) is 82.3 Å². The molecule has 8 nitrogen and oxygen atoms in total. The number of halogens is 2. The van der Waals surface area contributed by atoms with Crippen LogP contribution >= 0.6 is 0 Å². The number of phenolic OH excluding ortho intramolecular Hbond substituents is 1. The average molecular weight is 496 g/mol. The first kappa shape index (κ1) is 23.1. The number of aromatic hydroxyl groups is 1. The molecule has 36 heavy (non-hydrogen) atoms. The Morgan fingerprint density at radius 3 is 2.50 bits per heavy atom. The summed E-state index contributed by atoms with van der Waals surface area (Å²) in [6, 6.07) is 7.30. The summed E-state index contributed by atoms with van der Waals surface area (Å²) in [5.41, 5.74) is 3.95. The number of fused-ring (bicyclic) bond motifs is 3. The van der Waals surface area contributed by atoms with Crippen LogP contribution in [-0.2, 0) is 7.05 Å². The molecule has 190 valence electrons. The van der Waals surface area contributed by atoms with E-state index in [1.54, 1.807) is 16.9 Å². The standard InChI is InChI=1S/C26H31F2N7O/c1-33-6-3-7-35(20-9-18-12-26(27,28)13-19(10-20)30-18)25-23(33)11-22(31-32-25)21-5-4-16(8-24(21)36)17-14-29-34(2)15-17/h4-5,8,11,14-15,18-20,30,36H,3,6-7,9-10,12-13H2,1-2H3/t18-,19?,20+/m1/s1. The van der Waals surface area contributed by atoms with Crippen molar-refractivity contribution in [3.63, 3.8) is 0 Å². The van der Waals surface area contributed by atoms with Crippen LogP contribution in [0.25, 0.3) is 22.4 Å². The van der Waals surface area contributed by atoms with Crippen molar-refractivity contribution in [1.82, 2.24) is 25.3 Å². The van der Waals surface area contributed by atoms with Crippen molar-refractivity contribution < 1.29 is 13.9 Å². The highest BCUT2D eigenvalue weighted by Crippen LogP contribution is 2.41. The van der Waals surface area contributed by atoms with E-state index in [2.05, 4.69) is 30.4 Å². The predicted octanol–water partition coefficient (Wildman–Crippen LogP) is 3.81. The van der Waals surface area contributed by atoms with Gasteiger partial charge in [0.05, 0.1) is 17.6 Å². The number of hydrogen-bond donors (Lipinski definition) is 2. The minimum Gasteiger partial charge on any atom is -0.507 e. The third-order valence-corrected chi connectivity index (χ3v) is 7.76. The molecule has 2 aromatic heterocycles. The number of rotatable bonds is 3. The van der Waals surface area contributed by atoms with Crippen LogP contribution in [0.2, 0.25) is 0 Å². The van der Waals surface area contributed by atoms with Crippen molar-refractivity contribution in [2.75, 3.05) is 29.9 Å². The smallest absolute Gasteiger partial charge is 0.251 e. The zero-order valence-electron chi connectivity index (χ0n) is 20.5. The average Bonchev–Trinajstić information content (AvgIpc) is 3.19. The zero-order chi connectivity index (χ0) is 25.0. The molecule has 10 heteroatoms. The molecule has 6 rings (SSSR count). The molecule has 3 aliphatic rings. The SMILES string of the molecule is CN1CCCN([C@@H]2CC3CC(F)(F)C[C@@H](C2)N3)c2nnc(-c3ccc(-c4cnn(C)c4)cc3O)cc21. The Labute approximate surface area is 208 Å². The first-order chi connectivity index (χ1) is 17.3. The molecular formula is C26H31F2N7O. The van der Waals surface area contributed by atoms with E-state index >= 15 is 0 Å². The van der Waals surface area contributed by atoms with Gasteiger partial charge >= 0.3 is 0 Å². The van der Waals surface area contributed by atoms with Gasteiger partial charge in [-0.3, -0.25) is 4.68 Å². The summed E-state index contributed by atoms with van der Waals surface area (Å²) in [6.45, 7) is 1.67. The Kier molecular flexibility index (Phi) is 5.59. The van der Waals surface area contributed by atoms with Crippen LogP contribution < -0.4 is 15.1 Å². The Hall–Kier alpha value is -3.27. The molecular weight excluding hydrogens is 464 g/mol. The van der Waals surface area contributed by atoms with Gasteiger partial charge < -0.3 is 20.2 Å². The zero-order valence-corrected chi connectivity index (χ0v) is 20.5. The van der Waals surface area contributed by atoms with Crippen molar-refractivity contribution in [1.29, 1.82) is 0 Å². The van der Waals surface area contributed by atoms with Crippen LogP contribution in [0.3, 0.4) is 0 Å². The van der Waals surface area contributed by atoms with Gasteiger partial charge in [0.15, 0.2) is 5.82 Å². The fourth-order valence-electron chi connectivity index (χ4n) is 6.12. The second kappa shape index (κ2) is 8.69. The van der Waals surface area contributed by atoms with Gasteiger partial charge in [0.25, 0.3) is 5.92 Å². The number of aryl methyl sites for hydroxylation is 1. The molecule has 0 aliphatic carbocycles. The number of piperidine rings is 2. The van der Waals surface area contributed by atoms with E-state index in [4.69, 9.17) is 0 Å². The number of nitrogens with zero attached hydrogens (tertiary/aromatic N) is 6. The normalized spacial score (nSPS) is 25.4. The lowest BCUT2D eigenvalue weighted by Gasteiger charge is -2.46. The third-order valence-electron chi connectivity index (χ3n) is 7.76. The summed E-state index contributed by atoms with van der Waals surface area (Å²) < 4.78 is 29.9. The van der Waals surface area contributed by atoms with Gasteiger partial charge in [-0.15, -0.1) is 10.2 Å². The number of hydrogen-bond acceptors (Lipinski definition) is 7. The molecule has 0 radical (unpaired) electrons. The Morgan fingerprint density at radius 2 is 1.81 bits per heavy atom. The summed E-state index contributed by atoms with van der Waals surface area (Å²) in [6.07, 6.45) is 5.76. The van der Waals surface area contributed by atoms with Crippen molar-refractivity contribution in [3.8, 4) is 28.1 Å². The van der Waals surface area contributed by atoms with Gasteiger partial charge in [-0.05, 0) is 43.0 Å². The van der Waals surface area contributed by atoms with Crippen LogP contribution in [0.1, 0.15) is 32.1 Å². The number of alkyl halides is 2. The van der Waals surface area contributed by atoms with E-state index in [0.717, 1.165) is 42.1 Å². The molecule has 3 atom stereocenters. The molecule has 0 amide bonds. The maximum Gasteiger partial charge on any atom is 0.251 e. The summed E-state index contributed by atoms with van der Waals surface area (Å²) in [5.74, 6) is -1.65. The van der Waals surface area contributed by atoms with Crippen molar-refractivity contribution in [2.45, 2.75) is 56.2 Å². The largest absolute Gasteiger partial charge is 0.507 e. The van der Waals surface area contributed by atoms with E-state index in [1.807, 2.05) is 38.5 Å². The Bertz CT molecular complexity index is 1260. The van der Waals surface area contributed by atoms with Gasteiger partial charge in [0.1, 0.15) is 5.75 Å². The summed E-state index contributed by atoms with van der Waals surface area (Å²) in [5, 5.41) is 27.6. The maximum absolute atomic E-state index is 14.1. The molecule has 5 heterocycles. The van der Waals surface area contributed by atoms with Crippen molar-refractivity contribution >= 4 is 11.5 Å². The van der Waals surface area contributed by atoms with E-state index in [9.17, 15) is 13.9 Å². The summed E-state index contributed by atoms with van der Waals surface area (Å²) in [7, 11) is 3.89. The van der Waals surface area contributed by atoms with Crippen LogP contribution in [0.4, 0.5) is 20.3 Å². The Balaban J connectivity index is 1.31. The third kappa shape index (κ3) is 4.27. The first-order valence-electron chi connectivity index (χ1n) is 12.6. The van der Waals surface area contributed by atoms with Crippen LogP contribution in [0.5, 0.6) is 5.75 Å². The summed E-state index contributed by atoms with van der Waals surface area (Å²) in [4.78, 5) is 4.45. The fraction of sp³-hybridized carbons (Fsp3) is 0.500. The lowest BCUT2D eigenvalue weighted by atomic mass is 9.81. The van der Waals surface area contributed by atoms with Crippen LogP contribution in [0, 0.1) is 0 Å². The molecule has 1 unspecified atom stereocenters. The second-order valence-corrected chi connectivity index (χ2v) is 10.5. The molecule has 3 aromatic rings. The van der Waals surface area contributed by atoms with E-state index < -0.39 is 5.92 Å². The molecule has 3 aliphatic heterocycles. The van der Waals surface area contributed by atoms with E-state index in [1.165, 1.54) is 0 Å². The van der Waals surface area contributed by atoms with E-state index in [0.29, 0.717) is 24.1 Å². The highest BCUT2D eigenvalue weighted by molar-refractivity contribution is 5.78. The first-order valence-corrected chi connectivity index (χ1v) is 12.6. The lowest BCUT2D eigenvalue weighted by molar-refractivity contribution is -0.0670. The molecule has 0 saturated carbocycles. The van der Waals surface area contributed by atoms with Crippen molar-refractivity contribution in [3.05, 3.63) is 36.7 Å². The molecule has 2 bridgehead atoms. The molecule has 2 saturated heterocycles. The second-order valence-electron chi connectivity index (χ2n) is 10.5. The van der Waals surface area contributed by atoms with E-state index in [-0.39, 0.29) is 36.7 Å².